The molecule has 18 heavy (non-hydrogen) atoms. The number of rotatable bonds is 2. The molecule has 5 heteroatoms. The van der Waals surface area contributed by atoms with Gasteiger partial charge in [0.2, 0.25) is 0 Å². The molecule has 1 aliphatic heterocycles. The highest BCUT2D eigenvalue weighted by molar-refractivity contribution is 5.94. The Bertz CT molecular complexity index is 448. The first kappa shape index (κ1) is 12.8. The Balaban J connectivity index is 2.32. The van der Waals surface area contributed by atoms with Crippen molar-refractivity contribution in [3.63, 3.8) is 0 Å². The van der Waals surface area contributed by atoms with Crippen molar-refractivity contribution in [3.05, 3.63) is 23.4 Å². The molecule has 1 aromatic heterocycles. The molecule has 2 rings (SSSR count). The van der Waals surface area contributed by atoms with Crippen LogP contribution in [0, 0.1) is 6.92 Å². The zero-order valence-electron chi connectivity index (χ0n) is 10.9. The zero-order chi connectivity index (χ0) is 13.1. The van der Waals surface area contributed by atoms with Crippen LogP contribution in [0.4, 0.5) is 5.82 Å². The minimum atomic E-state index is -0.895. The molecule has 0 saturated carbocycles. The van der Waals surface area contributed by atoms with Crippen LogP contribution in [0.5, 0.6) is 0 Å². The fourth-order valence-electron chi connectivity index (χ4n) is 2.31. The van der Waals surface area contributed by atoms with Gasteiger partial charge in [0.25, 0.3) is 0 Å². The van der Waals surface area contributed by atoms with Gasteiger partial charge in [-0.25, -0.2) is 9.78 Å². The second-order valence-corrected chi connectivity index (χ2v) is 4.78. The monoisotopic (exact) mass is 249 g/mol. The van der Waals surface area contributed by atoms with Crippen molar-refractivity contribution in [1.82, 2.24) is 9.88 Å². The standard InChI is InChI=1S/C13H19N3O2/c1-10-4-5-14-12(11(10)13(17)18)16-7-3-6-15(2)8-9-16/h4-5H,3,6-9H2,1-2H3,(H,17,18). The van der Waals surface area contributed by atoms with Crippen LogP contribution in [0.2, 0.25) is 0 Å². The summed E-state index contributed by atoms with van der Waals surface area (Å²) in [6, 6.07) is 1.75. The maximum Gasteiger partial charge on any atom is 0.339 e. The van der Waals surface area contributed by atoms with Crippen molar-refractivity contribution >= 4 is 11.8 Å². The van der Waals surface area contributed by atoms with Crippen molar-refractivity contribution in [2.45, 2.75) is 13.3 Å². The summed E-state index contributed by atoms with van der Waals surface area (Å²) in [6.45, 7) is 5.49. The Hall–Kier alpha value is -1.62. The summed E-state index contributed by atoms with van der Waals surface area (Å²) >= 11 is 0. The third-order valence-electron chi connectivity index (χ3n) is 3.37. The number of carbonyl (C=O) groups is 1. The van der Waals surface area contributed by atoms with Crippen molar-refractivity contribution in [3.8, 4) is 0 Å². The second-order valence-electron chi connectivity index (χ2n) is 4.78. The number of aromatic nitrogens is 1. The predicted octanol–water partition coefficient (Wildman–Crippen LogP) is 1.23. The van der Waals surface area contributed by atoms with E-state index < -0.39 is 5.97 Å². The second kappa shape index (κ2) is 5.35. The molecular weight excluding hydrogens is 230 g/mol. The number of pyridine rings is 1. The fourth-order valence-corrected chi connectivity index (χ4v) is 2.31. The molecule has 0 atom stereocenters. The number of likely N-dealkylation sites (N-methyl/N-ethyl adjacent to an activating group) is 1. The Kier molecular flexibility index (Phi) is 3.81. The number of aromatic carboxylic acids is 1. The highest BCUT2D eigenvalue weighted by Crippen LogP contribution is 2.22. The van der Waals surface area contributed by atoms with Crippen LogP contribution in [0.3, 0.4) is 0 Å². The highest BCUT2D eigenvalue weighted by atomic mass is 16.4. The smallest absolute Gasteiger partial charge is 0.339 e. The first-order valence-corrected chi connectivity index (χ1v) is 6.22. The molecule has 0 spiro atoms. The van der Waals surface area contributed by atoms with E-state index in [1.54, 1.807) is 12.3 Å². The zero-order valence-corrected chi connectivity index (χ0v) is 10.9. The molecule has 0 unspecified atom stereocenters. The number of hydrogen-bond donors (Lipinski definition) is 1. The summed E-state index contributed by atoms with van der Waals surface area (Å²) in [5, 5.41) is 9.32. The van der Waals surface area contributed by atoms with Crippen molar-refractivity contribution in [2.24, 2.45) is 0 Å². The van der Waals surface area contributed by atoms with E-state index >= 15 is 0 Å². The SMILES string of the molecule is Cc1ccnc(N2CCCN(C)CC2)c1C(=O)O. The normalized spacial score (nSPS) is 17.6. The lowest BCUT2D eigenvalue weighted by molar-refractivity contribution is 0.0696. The van der Waals surface area contributed by atoms with Gasteiger partial charge >= 0.3 is 5.97 Å². The minimum Gasteiger partial charge on any atom is -0.478 e. The van der Waals surface area contributed by atoms with Gasteiger partial charge in [-0.05, 0) is 38.6 Å². The summed E-state index contributed by atoms with van der Waals surface area (Å²) < 4.78 is 0. The Labute approximate surface area is 107 Å². The molecule has 1 saturated heterocycles. The van der Waals surface area contributed by atoms with Crippen LogP contribution in [0.15, 0.2) is 12.3 Å². The molecule has 1 N–H and O–H groups in total. The molecule has 0 bridgehead atoms. The van der Waals surface area contributed by atoms with E-state index in [9.17, 15) is 9.90 Å². The van der Waals surface area contributed by atoms with E-state index in [1.165, 1.54) is 0 Å². The first-order valence-electron chi connectivity index (χ1n) is 6.22. The molecule has 5 nitrogen and oxygen atoms in total. The van der Waals surface area contributed by atoms with Gasteiger partial charge in [0.05, 0.1) is 0 Å². The van der Waals surface area contributed by atoms with Crippen molar-refractivity contribution in [2.75, 3.05) is 38.1 Å². The lowest BCUT2D eigenvalue weighted by atomic mass is 10.1. The van der Waals surface area contributed by atoms with Gasteiger partial charge in [0.1, 0.15) is 11.4 Å². The quantitative estimate of drug-likeness (QED) is 0.854. The predicted molar refractivity (Wildman–Crippen MR) is 70.3 cm³/mol. The van der Waals surface area contributed by atoms with E-state index in [-0.39, 0.29) is 0 Å². The molecule has 0 amide bonds. The van der Waals surface area contributed by atoms with Gasteiger partial charge < -0.3 is 14.9 Å². The van der Waals surface area contributed by atoms with Crippen molar-refractivity contribution in [1.29, 1.82) is 0 Å². The van der Waals surface area contributed by atoms with E-state index in [1.807, 2.05) is 6.92 Å². The number of nitrogens with zero attached hydrogens (tertiary/aromatic N) is 3. The number of anilines is 1. The van der Waals surface area contributed by atoms with Crippen molar-refractivity contribution < 1.29 is 9.90 Å². The minimum absolute atomic E-state index is 0.335. The molecule has 98 valence electrons. The number of carboxylic acid groups (broad SMARTS) is 1. The van der Waals surface area contributed by atoms with Gasteiger partial charge in [-0.3, -0.25) is 0 Å². The molecule has 2 heterocycles. The number of aryl methyl sites for hydroxylation is 1. The van der Waals surface area contributed by atoms with Crippen LogP contribution in [0.1, 0.15) is 22.3 Å². The third-order valence-corrected chi connectivity index (χ3v) is 3.37. The lowest BCUT2D eigenvalue weighted by Gasteiger charge is -2.23. The molecule has 1 fully saturated rings. The number of carboxylic acids is 1. The lowest BCUT2D eigenvalue weighted by Crippen LogP contribution is -2.31. The molecule has 0 aliphatic carbocycles. The summed E-state index contributed by atoms with van der Waals surface area (Å²) in [5.41, 5.74) is 1.10. The third kappa shape index (κ3) is 2.61. The van der Waals surface area contributed by atoms with Gasteiger partial charge in [-0.2, -0.15) is 0 Å². The molecule has 0 radical (unpaired) electrons. The maximum atomic E-state index is 11.4. The van der Waals surface area contributed by atoms with E-state index in [0.29, 0.717) is 11.4 Å². The topological polar surface area (TPSA) is 56.7 Å². The summed E-state index contributed by atoms with van der Waals surface area (Å²) in [6.07, 6.45) is 2.72. The van der Waals surface area contributed by atoms with Crippen LogP contribution in [0.25, 0.3) is 0 Å². The van der Waals surface area contributed by atoms with Crippen LogP contribution in [-0.4, -0.2) is 54.2 Å². The Morgan fingerprint density at radius 1 is 1.33 bits per heavy atom. The van der Waals surface area contributed by atoms with E-state index in [4.69, 9.17) is 0 Å². The first-order chi connectivity index (χ1) is 8.59. The average Bonchev–Trinajstić information content (AvgIpc) is 2.53. The largest absolute Gasteiger partial charge is 0.478 e. The van der Waals surface area contributed by atoms with E-state index in [2.05, 4.69) is 21.8 Å². The van der Waals surface area contributed by atoms with Gasteiger partial charge in [0, 0.05) is 25.8 Å². The fraction of sp³-hybridized carbons (Fsp3) is 0.538. The Morgan fingerprint density at radius 2 is 2.11 bits per heavy atom. The summed E-state index contributed by atoms with van der Waals surface area (Å²) in [7, 11) is 2.09. The molecule has 1 aromatic rings. The summed E-state index contributed by atoms with van der Waals surface area (Å²) in [4.78, 5) is 20.0. The average molecular weight is 249 g/mol. The van der Waals surface area contributed by atoms with Crippen LogP contribution in [-0.2, 0) is 0 Å². The Morgan fingerprint density at radius 3 is 2.83 bits per heavy atom. The van der Waals surface area contributed by atoms with E-state index in [0.717, 1.165) is 38.2 Å². The molecular formula is C13H19N3O2. The van der Waals surface area contributed by atoms with Gasteiger partial charge in [-0.15, -0.1) is 0 Å². The highest BCUT2D eigenvalue weighted by Gasteiger charge is 2.21. The van der Waals surface area contributed by atoms with Crippen LogP contribution >= 0.6 is 0 Å². The van der Waals surface area contributed by atoms with Crippen LogP contribution < -0.4 is 4.90 Å². The number of hydrogen-bond acceptors (Lipinski definition) is 4. The summed E-state index contributed by atoms with van der Waals surface area (Å²) in [5.74, 6) is -0.286. The van der Waals surface area contributed by atoms with Gasteiger partial charge in [-0.1, -0.05) is 0 Å². The van der Waals surface area contributed by atoms with Gasteiger partial charge in [0.15, 0.2) is 0 Å². The molecule has 0 aromatic carbocycles. The maximum absolute atomic E-state index is 11.4. The molecule has 1 aliphatic rings.